The van der Waals surface area contributed by atoms with Gasteiger partial charge in [-0.1, -0.05) is 6.92 Å². The molecule has 2 unspecified atom stereocenters. The molecule has 0 bridgehead atoms. The Labute approximate surface area is 84.7 Å². The quantitative estimate of drug-likeness (QED) is 0.490. The van der Waals surface area contributed by atoms with Gasteiger partial charge >= 0.3 is 8.80 Å². The molecule has 0 heterocycles. The molecule has 0 aliphatic heterocycles. The van der Waals surface area contributed by atoms with Gasteiger partial charge in [0.15, 0.2) is 0 Å². The Balaban J connectivity index is 4.24. The molecule has 0 amide bonds. The highest BCUT2D eigenvalue weighted by molar-refractivity contribution is 7.17. The van der Waals surface area contributed by atoms with E-state index in [0.29, 0.717) is 13.2 Å². The monoisotopic (exact) mass is 224 g/mol. The highest BCUT2D eigenvalue weighted by Gasteiger charge is 2.39. The van der Waals surface area contributed by atoms with Gasteiger partial charge in [0, 0.05) is 19.3 Å². The smallest absolute Gasteiger partial charge is 0.374 e. The zero-order chi connectivity index (χ0) is 10.3. The van der Waals surface area contributed by atoms with Crippen LogP contribution in [0.5, 0.6) is 0 Å². The fourth-order valence-electron chi connectivity index (χ4n) is 1.12. The van der Waals surface area contributed by atoms with E-state index in [1.165, 1.54) is 0 Å². The lowest BCUT2D eigenvalue weighted by atomic mass is 10.9. The predicted octanol–water partition coefficient (Wildman–Crippen LogP) is 2.26. The molecule has 0 aromatic heterocycles. The third-order valence-electron chi connectivity index (χ3n) is 1.53. The molecule has 0 N–H and O–H groups in total. The molecule has 0 saturated heterocycles. The summed E-state index contributed by atoms with van der Waals surface area (Å²) < 4.78 is 16.9. The van der Waals surface area contributed by atoms with Crippen molar-refractivity contribution in [2.75, 3.05) is 13.2 Å². The van der Waals surface area contributed by atoms with Crippen LogP contribution in [-0.2, 0) is 13.3 Å². The van der Waals surface area contributed by atoms with Gasteiger partial charge in [-0.05, 0) is 20.8 Å². The van der Waals surface area contributed by atoms with Crippen molar-refractivity contribution in [1.29, 1.82) is 0 Å². The third-order valence-corrected chi connectivity index (χ3v) is 4.99. The summed E-state index contributed by atoms with van der Waals surface area (Å²) in [7, 11) is 0.249. The Morgan fingerprint density at radius 2 is 1.62 bits per heavy atom. The second-order valence-corrected chi connectivity index (χ2v) is 6.55. The van der Waals surface area contributed by atoms with E-state index < -0.39 is 8.80 Å². The normalized spacial score (nSPS) is 14.5. The maximum atomic E-state index is 5.73. The summed E-state index contributed by atoms with van der Waals surface area (Å²) >= 11 is 0. The van der Waals surface area contributed by atoms with E-state index >= 15 is 0 Å². The van der Waals surface area contributed by atoms with Crippen LogP contribution in [0.3, 0.4) is 0 Å². The van der Waals surface area contributed by atoms with Gasteiger partial charge in [-0.2, -0.15) is 0 Å². The van der Waals surface area contributed by atoms with E-state index in [4.69, 9.17) is 13.3 Å². The lowest BCUT2D eigenvalue weighted by Gasteiger charge is -2.29. The van der Waals surface area contributed by atoms with Crippen LogP contribution in [0.4, 0.5) is 0 Å². The van der Waals surface area contributed by atoms with Crippen molar-refractivity contribution in [1.82, 2.24) is 0 Å². The Hall–Kier alpha value is 0.527. The van der Waals surface area contributed by atoms with Gasteiger partial charge in [0.05, 0.1) is 5.85 Å². The summed E-state index contributed by atoms with van der Waals surface area (Å²) in [6, 6.07) is 0.827. The summed E-state index contributed by atoms with van der Waals surface area (Å²) in [5.74, 6) is 0.0877. The van der Waals surface area contributed by atoms with Crippen LogP contribution in [-0.4, -0.2) is 27.9 Å². The van der Waals surface area contributed by atoms with Crippen molar-refractivity contribution < 1.29 is 13.3 Å². The maximum absolute atomic E-state index is 5.73. The Morgan fingerprint density at radius 3 is 1.85 bits per heavy atom. The number of rotatable bonds is 7. The molecule has 0 spiro atoms. The van der Waals surface area contributed by atoms with E-state index in [1.807, 2.05) is 27.7 Å². The van der Waals surface area contributed by atoms with Gasteiger partial charge in [-0.3, -0.25) is 0 Å². The van der Waals surface area contributed by atoms with E-state index in [0.717, 1.165) is 6.04 Å². The highest BCUT2D eigenvalue weighted by Crippen LogP contribution is 2.19. The minimum Gasteiger partial charge on any atom is -0.374 e. The Morgan fingerprint density at radius 1 is 1.15 bits per heavy atom. The molecule has 5 heteroatoms. The fourth-order valence-corrected chi connectivity index (χ4v) is 3.98. The van der Waals surface area contributed by atoms with E-state index in [2.05, 4.69) is 9.24 Å². The molecular weight excluding hydrogens is 203 g/mol. The number of hydrogen-bond donors (Lipinski definition) is 0. The average molecular weight is 224 g/mol. The van der Waals surface area contributed by atoms with Gasteiger partial charge in [0.2, 0.25) is 0 Å². The molecule has 80 valence electrons. The summed E-state index contributed by atoms with van der Waals surface area (Å²) in [4.78, 5) is 0. The Kier molecular flexibility index (Phi) is 7.18. The minimum absolute atomic E-state index is 0.0877. The largest absolute Gasteiger partial charge is 0.501 e. The SMILES string of the molecule is CCO[Si](CC)(OCC)OC(C)P. The maximum Gasteiger partial charge on any atom is 0.501 e. The molecular formula is C8H21O3PSi. The molecule has 3 nitrogen and oxygen atoms in total. The molecule has 0 radical (unpaired) electrons. The van der Waals surface area contributed by atoms with Crippen molar-refractivity contribution in [3.63, 3.8) is 0 Å². The van der Waals surface area contributed by atoms with E-state index in [9.17, 15) is 0 Å². The standard InChI is InChI=1S/C8H21O3PSi/c1-5-9-13(7-3,10-6-2)11-8(4)12/h8H,5-7,12H2,1-4H3. The molecule has 0 fully saturated rings. The van der Waals surface area contributed by atoms with Crippen LogP contribution in [0.25, 0.3) is 0 Å². The van der Waals surface area contributed by atoms with Crippen LogP contribution < -0.4 is 0 Å². The van der Waals surface area contributed by atoms with Crippen LogP contribution in [0.2, 0.25) is 6.04 Å². The summed E-state index contributed by atoms with van der Waals surface area (Å²) in [5.41, 5.74) is 0. The lowest BCUT2D eigenvalue weighted by Crippen LogP contribution is -2.46. The summed E-state index contributed by atoms with van der Waals surface area (Å²) in [6.45, 7) is 9.25. The number of hydrogen-bond acceptors (Lipinski definition) is 3. The minimum atomic E-state index is -2.35. The summed E-state index contributed by atoms with van der Waals surface area (Å²) in [5, 5.41) is 0. The van der Waals surface area contributed by atoms with Crippen LogP contribution >= 0.6 is 9.24 Å². The van der Waals surface area contributed by atoms with Crippen molar-refractivity contribution in [3.05, 3.63) is 0 Å². The fraction of sp³-hybridized carbons (Fsp3) is 1.00. The zero-order valence-corrected chi connectivity index (χ0v) is 11.2. The first-order chi connectivity index (χ1) is 6.10. The topological polar surface area (TPSA) is 27.7 Å². The van der Waals surface area contributed by atoms with Crippen molar-refractivity contribution in [2.45, 2.75) is 39.6 Å². The van der Waals surface area contributed by atoms with Crippen molar-refractivity contribution in [3.8, 4) is 0 Å². The molecule has 0 saturated carbocycles. The Bertz CT molecular complexity index is 127. The highest BCUT2D eigenvalue weighted by atomic mass is 31.0. The second kappa shape index (κ2) is 6.90. The molecule has 0 aromatic rings. The third kappa shape index (κ3) is 5.08. The van der Waals surface area contributed by atoms with Crippen LogP contribution in [0, 0.1) is 0 Å². The second-order valence-electron chi connectivity index (χ2n) is 2.73. The van der Waals surface area contributed by atoms with Gasteiger partial charge in [0.1, 0.15) is 0 Å². The predicted molar refractivity (Wildman–Crippen MR) is 59.7 cm³/mol. The molecule has 0 aromatic carbocycles. The van der Waals surface area contributed by atoms with Gasteiger partial charge < -0.3 is 13.3 Å². The van der Waals surface area contributed by atoms with Crippen LogP contribution in [0.15, 0.2) is 0 Å². The van der Waals surface area contributed by atoms with Crippen molar-refractivity contribution in [2.24, 2.45) is 0 Å². The average Bonchev–Trinajstić information content (AvgIpc) is 2.04. The van der Waals surface area contributed by atoms with Crippen molar-refractivity contribution >= 4 is 18.0 Å². The molecule has 0 aliphatic carbocycles. The van der Waals surface area contributed by atoms with E-state index in [1.54, 1.807) is 0 Å². The lowest BCUT2D eigenvalue weighted by molar-refractivity contribution is 0.0637. The first kappa shape index (κ1) is 13.5. The first-order valence-electron chi connectivity index (χ1n) is 4.81. The molecule has 13 heavy (non-hydrogen) atoms. The molecule has 2 atom stereocenters. The first-order valence-corrected chi connectivity index (χ1v) is 7.41. The van der Waals surface area contributed by atoms with Gasteiger partial charge in [-0.15, -0.1) is 9.24 Å². The van der Waals surface area contributed by atoms with Crippen LogP contribution in [0.1, 0.15) is 27.7 Å². The molecule has 0 rings (SSSR count). The van der Waals surface area contributed by atoms with Gasteiger partial charge in [0.25, 0.3) is 0 Å². The van der Waals surface area contributed by atoms with E-state index in [-0.39, 0.29) is 5.85 Å². The zero-order valence-electron chi connectivity index (χ0n) is 9.00. The van der Waals surface area contributed by atoms with Gasteiger partial charge in [-0.25, -0.2) is 0 Å². The molecule has 0 aliphatic rings. The summed E-state index contributed by atoms with van der Waals surface area (Å²) in [6.07, 6.45) is 0.